The van der Waals surface area contributed by atoms with Crippen LogP contribution in [0.25, 0.3) is 6.08 Å². The first-order valence-corrected chi connectivity index (χ1v) is 9.16. The third-order valence-corrected chi connectivity index (χ3v) is 5.25. The zero-order valence-corrected chi connectivity index (χ0v) is 15.6. The molecule has 0 unspecified atom stereocenters. The van der Waals surface area contributed by atoms with E-state index in [9.17, 15) is 4.79 Å². The van der Waals surface area contributed by atoms with Gasteiger partial charge in [-0.15, -0.1) is 0 Å². The average molecular weight is 340 g/mol. The van der Waals surface area contributed by atoms with Gasteiger partial charge >= 0.3 is 0 Å². The van der Waals surface area contributed by atoms with Crippen LogP contribution < -0.4 is 5.32 Å². The second-order valence-corrected chi connectivity index (χ2v) is 7.12. The van der Waals surface area contributed by atoms with E-state index in [0.717, 1.165) is 22.6 Å². The maximum atomic E-state index is 12.2. The Kier molecular flexibility index (Phi) is 5.11. The lowest BCUT2D eigenvalue weighted by Gasteiger charge is -2.26. The molecule has 5 nitrogen and oxygen atoms in total. The Balaban J connectivity index is 1.74. The van der Waals surface area contributed by atoms with Crippen LogP contribution in [0.4, 0.5) is 5.69 Å². The summed E-state index contributed by atoms with van der Waals surface area (Å²) in [7, 11) is 0. The van der Waals surface area contributed by atoms with Gasteiger partial charge in [0.15, 0.2) is 0 Å². The zero-order valence-electron chi connectivity index (χ0n) is 15.6. The van der Waals surface area contributed by atoms with Gasteiger partial charge in [0.2, 0.25) is 5.91 Å². The van der Waals surface area contributed by atoms with E-state index in [1.165, 1.54) is 43.5 Å². The van der Waals surface area contributed by atoms with Crippen molar-refractivity contribution in [1.29, 1.82) is 0 Å². The third kappa shape index (κ3) is 3.70. The van der Waals surface area contributed by atoms with Crippen molar-refractivity contribution in [3.05, 3.63) is 40.5 Å². The molecule has 0 atom stereocenters. The van der Waals surface area contributed by atoms with Crippen LogP contribution in [0.2, 0.25) is 0 Å². The number of hydrogen-bond acceptors (Lipinski definition) is 2. The summed E-state index contributed by atoms with van der Waals surface area (Å²) in [6, 6.07) is 2.79. The number of amides is 1. The monoisotopic (exact) mass is 340 g/mol. The first-order chi connectivity index (χ1) is 12.0. The van der Waals surface area contributed by atoms with Crippen LogP contribution in [0.15, 0.2) is 12.1 Å². The normalized spacial score (nSPS) is 15.8. The second-order valence-electron chi connectivity index (χ2n) is 7.12. The minimum atomic E-state index is -0.130. The van der Waals surface area contributed by atoms with Crippen molar-refractivity contribution in [3.63, 3.8) is 0 Å². The van der Waals surface area contributed by atoms with Crippen LogP contribution in [0.5, 0.6) is 0 Å². The topological polar surface area (TPSA) is 62.7 Å². The predicted octanol–water partition coefficient (Wildman–Crippen LogP) is 4.60. The van der Waals surface area contributed by atoms with E-state index in [-0.39, 0.29) is 5.91 Å². The maximum absolute atomic E-state index is 12.2. The fraction of sp³-hybridized carbons (Fsp3) is 0.500. The van der Waals surface area contributed by atoms with Crippen LogP contribution in [0.1, 0.15) is 66.5 Å². The molecule has 134 valence electrons. The van der Waals surface area contributed by atoms with Crippen molar-refractivity contribution in [1.82, 2.24) is 14.8 Å². The van der Waals surface area contributed by atoms with Gasteiger partial charge in [-0.2, -0.15) is 5.10 Å². The number of hydrogen-bond donors (Lipinski definition) is 2. The molecule has 2 aromatic heterocycles. The summed E-state index contributed by atoms with van der Waals surface area (Å²) >= 11 is 0. The van der Waals surface area contributed by atoms with E-state index < -0.39 is 0 Å². The van der Waals surface area contributed by atoms with Crippen LogP contribution >= 0.6 is 0 Å². The number of carbonyl (C=O) groups is 1. The molecule has 1 saturated carbocycles. The Labute approximate surface area is 149 Å². The van der Waals surface area contributed by atoms with Crippen LogP contribution in [0.3, 0.4) is 0 Å². The number of H-pyrrole nitrogens is 1. The number of aromatic nitrogens is 3. The molecule has 1 fully saturated rings. The molecular weight excluding hydrogens is 312 g/mol. The first kappa shape index (κ1) is 17.5. The molecule has 2 heterocycles. The van der Waals surface area contributed by atoms with Crippen LogP contribution in [-0.2, 0) is 4.79 Å². The van der Waals surface area contributed by atoms with Gasteiger partial charge in [0.05, 0.1) is 17.1 Å². The largest absolute Gasteiger partial charge is 0.346 e. The Morgan fingerprint density at radius 2 is 1.96 bits per heavy atom. The lowest BCUT2D eigenvalue weighted by Crippen LogP contribution is -2.15. The zero-order chi connectivity index (χ0) is 18.0. The van der Waals surface area contributed by atoms with Gasteiger partial charge in [-0.1, -0.05) is 19.3 Å². The number of rotatable bonds is 4. The SMILES string of the molecule is Cc1n[nH]c(C)c1NC(=O)C=Cc1cc(C)n(C2CCCCC2)c1C. The van der Waals surface area contributed by atoms with Gasteiger partial charge in [-0.3, -0.25) is 9.89 Å². The fourth-order valence-electron chi connectivity index (χ4n) is 3.94. The molecule has 1 amide bonds. The highest BCUT2D eigenvalue weighted by atomic mass is 16.1. The van der Waals surface area contributed by atoms with E-state index in [4.69, 9.17) is 0 Å². The minimum absolute atomic E-state index is 0.130. The molecule has 0 aliphatic heterocycles. The third-order valence-electron chi connectivity index (χ3n) is 5.25. The molecule has 2 aromatic rings. The van der Waals surface area contributed by atoms with Gasteiger partial charge in [-0.05, 0) is 58.2 Å². The number of anilines is 1. The van der Waals surface area contributed by atoms with E-state index in [1.807, 2.05) is 19.9 Å². The highest BCUT2D eigenvalue weighted by Crippen LogP contribution is 2.32. The van der Waals surface area contributed by atoms with Crippen molar-refractivity contribution in [3.8, 4) is 0 Å². The molecule has 25 heavy (non-hydrogen) atoms. The molecular formula is C20H28N4O. The maximum Gasteiger partial charge on any atom is 0.248 e. The highest BCUT2D eigenvalue weighted by molar-refractivity contribution is 6.02. The number of aryl methyl sites for hydroxylation is 3. The summed E-state index contributed by atoms with van der Waals surface area (Å²) in [5.41, 5.74) is 6.10. The molecule has 0 spiro atoms. The van der Waals surface area contributed by atoms with E-state index in [2.05, 4.69) is 40.0 Å². The van der Waals surface area contributed by atoms with Gasteiger partial charge in [-0.25, -0.2) is 0 Å². The molecule has 2 N–H and O–H groups in total. The lowest BCUT2D eigenvalue weighted by molar-refractivity contribution is -0.111. The van der Waals surface area contributed by atoms with E-state index in [0.29, 0.717) is 6.04 Å². The summed E-state index contributed by atoms with van der Waals surface area (Å²) in [6.45, 7) is 8.10. The Morgan fingerprint density at radius 3 is 2.60 bits per heavy atom. The van der Waals surface area contributed by atoms with Gasteiger partial charge in [0.1, 0.15) is 0 Å². The Bertz CT molecular complexity index is 771. The average Bonchev–Trinajstić information content (AvgIpc) is 3.06. The summed E-state index contributed by atoms with van der Waals surface area (Å²) in [5, 5.41) is 9.89. The molecule has 1 aliphatic rings. The molecule has 5 heteroatoms. The molecule has 0 aromatic carbocycles. The molecule has 0 radical (unpaired) electrons. The number of nitrogens with zero attached hydrogens (tertiary/aromatic N) is 2. The van der Waals surface area contributed by atoms with E-state index >= 15 is 0 Å². The molecule has 3 rings (SSSR count). The number of carbonyl (C=O) groups excluding carboxylic acids is 1. The number of aromatic amines is 1. The smallest absolute Gasteiger partial charge is 0.248 e. The van der Waals surface area contributed by atoms with Crippen LogP contribution in [-0.4, -0.2) is 20.7 Å². The Hall–Kier alpha value is -2.30. The van der Waals surface area contributed by atoms with Gasteiger partial charge in [0.25, 0.3) is 0 Å². The van der Waals surface area contributed by atoms with Crippen molar-refractivity contribution < 1.29 is 4.79 Å². The van der Waals surface area contributed by atoms with Gasteiger partial charge in [0, 0.05) is 23.5 Å². The molecule has 0 bridgehead atoms. The molecule has 0 saturated heterocycles. The molecule has 1 aliphatic carbocycles. The van der Waals surface area contributed by atoms with E-state index in [1.54, 1.807) is 6.08 Å². The van der Waals surface area contributed by atoms with Crippen molar-refractivity contribution in [2.75, 3.05) is 5.32 Å². The fourth-order valence-corrected chi connectivity index (χ4v) is 3.94. The number of nitrogens with one attached hydrogen (secondary N) is 2. The van der Waals surface area contributed by atoms with Crippen LogP contribution in [0, 0.1) is 27.7 Å². The lowest BCUT2D eigenvalue weighted by atomic mass is 9.95. The quantitative estimate of drug-likeness (QED) is 0.799. The van der Waals surface area contributed by atoms with Crippen molar-refractivity contribution in [2.45, 2.75) is 65.8 Å². The summed E-state index contributed by atoms with van der Waals surface area (Å²) in [4.78, 5) is 12.2. The minimum Gasteiger partial charge on any atom is -0.346 e. The van der Waals surface area contributed by atoms with Gasteiger partial charge < -0.3 is 9.88 Å². The first-order valence-electron chi connectivity index (χ1n) is 9.16. The highest BCUT2D eigenvalue weighted by Gasteiger charge is 2.19. The summed E-state index contributed by atoms with van der Waals surface area (Å²) < 4.78 is 2.46. The van der Waals surface area contributed by atoms with Crippen molar-refractivity contribution >= 4 is 17.7 Å². The Morgan fingerprint density at radius 1 is 1.24 bits per heavy atom. The predicted molar refractivity (Wildman–Crippen MR) is 102 cm³/mol. The summed E-state index contributed by atoms with van der Waals surface area (Å²) in [5.74, 6) is -0.130. The van der Waals surface area contributed by atoms with Crippen molar-refractivity contribution in [2.24, 2.45) is 0 Å². The second kappa shape index (κ2) is 7.30. The standard InChI is InChI=1S/C20H28N4O/c1-13-12-17(16(4)24(13)18-8-6-5-7-9-18)10-11-19(25)21-20-14(2)22-23-15(20)3/h10-12,18H,5-9H2,1-4H3,(H,21,25)(H,22,23). The summed E-state index contributed by atoms with van der Waals surface area (Å²) in [6.07, 6.45) is 10.0.